The van der Waals surface area contributed by atoms with Gasteiger partial charge >= 0.3 is 0 Å². The van der Waals surface area contributed by atoms with Gasteiger partial charge in [-0.1, -0.05) is 0 Å². The van der Waals surface area contributed by atoms with E-state index in [0.29, 0.717) is 28.9 Å². The first-order chi connectivity index (χ1) is 13.1. The number of nitrogens with one attached hydrogen (secondary N) is 1. The van der Waals surface area contributed by atoms with E-state index < -0.39 is 5.91 Å². The summed E-state index contributed by atoms with van der Waals surface area (Å²) in [7, 11) is 0. The summed E-state index contributed by atoms with van der Waals surface area (Å²) in [4.78, 5) is 16.5. The minimum Gasteiger partial charge on any atom is -0.451 e. The van der Waals surface area contributed by atoms with Gasteiger partial charge in [0.2, 0.25) is 0 Å². The van der Waals surface area contributed by atoms with Gasteiger partial charge in [0.1, 0.15) is 11.4 Å². The van der Waals surface area contributed by atoms with E-state index >= 15 is 0 Å². The Labute approximate surface area is 154 Å². The minimum absolute atomic E-state index is 0.155. The van der Waals surface area contributed by atoms with E-state index in [1.807, 2.05) is 12.1 Å². The van der Waals surface area contributed by atoms with Crippen LogP contribution in [0.3, 0.4) is 0 Å². The van der Waals surface area contributed by atoms with Crippen molar-refractivity contribution in [2.75, 3.05) is 5.32 Å². The van der Waals surface area contributed by atoms with E-state index in [1.165, 1.54) is 18.2 Å². The second-order valence-electron chi connectivity index (χ2n) is 6.22. The summed E-state index contributed by atoms with van der Waals surface area (Å²) < 4.78 is 20.8. The van der Waals surface area contributed by atoms with E-state index in [9.17, 15) is 9.18 Å². The highest BCUT2D eigenvalue weighted by atomic mass is 19.1. The van der Waals surface area contributed by atoms with Crippen LogP contribution in [0.25, 0.3) is 11.0 Å². The van der Waals surface area contributed by atoms with Crippen LogP contribution in [0.5, 0.6) is 0 Å². The Bertz CT molecular complexity index is 1100. The Morgan fingerprint density at radius 1 is 1.22 bits per heavy atom. The molecule has 0 aliphatic rings. The molecule has 0 aliphatic heterocycles. The second-order valence-corrected chi connectivity index (χ2v) is 6.22. The van der Waals surface area contributed by atoms with Crippen LogP contribution in [0.4, 0.5) is 10.2 Å². The SMILES string of the molecule is Cc1c(C(=O)Nc2ccn(CCc3ccncc3)n2)oc2ccc(F)cc12. The molecule has 0 radical (unpaired) electrons. The molecule has 4 aromatic rings. The van der Waals surface area contributed by atoms with Crippen molar-refractivity contribution in [3.63, 3.8) is 0 Å². The predicted molar refractivity (Wildman–Crippen MR) is 99.0 cm³/mol. The molecule has 27 heavy (non-hydrogen) atoms. The van der Waals surface area contributed by atoms with Gasteiger partial charge in [0.15, 0.2) is 11.6 Å². The number of carbonyl (C=O) groups excluding carboxylic acids is 1. The van der Waals surface area contributed by atoms with Crippen molar-refractivity contribution in [2.45, 2.75) is 19.9 Å². The molecule has 0 unspecified atom stereocenters. The molecule has 3 heterocycles. The van der Waals surface area contributed by atoms with E-state index in [-0.39, 0.29) is 11.6 Å². The third-order valence-corrected chi connectivity index (χ3v) is 4.37. The molecule has 0 saturated carbocycles. The lowest BCUT2D eigenvalue weighted by Gasteiger charge is -2.02. The monoisotopic (exact) mass is 364 g/mol. The summed E-state index contributed by atoms with van der Waals surface area (Å²) in [5.74, 6) is -0.197. The molecular formula is C20H17FN4O2. The Morgan fingerprint density at radius 3 is 2.85 bits per heavy atom. The van der Waals surface area contributed by atoms with Crippen LogP contribution >= 0.6 is 0 Å². The molecule has 7 heteroatoms. The summed E-state index contributed by atoms with van der Waals surface area (Å²) in [6.45, 7) is 2.41. The molecular weight excluding hydrogens is 347 g/mol. The number of aromatic nitrogens is 3. The Morgan fingerprint density at radius 2 is 2.04 bits per heavy atom. The first kappa shape index (κ1) is 17.0. The molecule has 0 atom stereocenters. The van der Waals surface area contributed by atoms with Gasteiger partial charge in [0.25, 0.3) is 5.91 Å². The van der Waals surface area contributed by atoms with Crippen molar-refractivity contribution in [3.05, 3.63) is 77.7 Å². The summed E-state index contributed by atoms with van der Waals surface area (Å²) in [6.07, 6.45) is 6.13. The molecule has 0 spiro atoms. The quantitative estimate of drug-likeness (QED) is 0.582. The lowest BCUT2D eigenvalue weighted by Crippen LogP contribution is -2.13. The Balaban J connectivity index is 1.46. The van der Waals surface area contributed by atoms with Crippen LogP contribution in [-0.4, -0.2) is 20.7 Å². The molecule has 0 fully saturated rings. The highest BCUT2D eigenvalue weighted by Gasteiger charge is 2.19. The average Bonchev–Trinajstić information content (AvgIpc) is 3.25. The van der Waals surface area contributed by atoms with Gasteiger partial charge in [0.05, 0.1) is 0 Å². The van der Waals surface area contributed by atoms with Gasteiger partial charge in [-0.25, -0.2) is 4.39 Å². The minimum atomic E-state index is -0.413. The van der Waals surface area contributed by atoms with Crippen molar-refractivity contribution in [2.24, 2.45) is 0 Å². The summed E-state index contributed by atoms with van der Waals surface area (Å²) in [5.41, 5.74) is 2.23. The number of hydrogen-bond acceptors (Lipinski definition) is 4. The number of benzene rings is 1. The van der Waals surface area contributed by atoms with Gasteiger partial charge in [-0.05, 0) is 49.2 Å². The topological polar surface area (TPSA) is 73.0 Å². The highest BCUT2D eigenvalue weighted by Crippen LogP contribution is 2.26. The fourth-order valence-electron chi connectivity index (χ4n) is 2.93. The molecule has 136 valence electrons. The molecule has 0 aliphatic carbocycles. The van der Waals surface area contributed by atoms with Gasteiger partial charge in [0, 0.05) is 42.2 Å². The lowest BCUT2D eigenvalue weighted by atomic mass is 10.1. The second kappa shape index (κ2) is 7.03. The van der Waals surface area contributed by atoms with E-state index in [0.717, 1.165) is 12.0 Å². The molecule has 0 saturated heterocycles. The number of nitrogens with zero attached hydrogens (tertiary/aromatic N) is 3. The number of anilines is 1. The molecule has 4 rings (SSSR count). The number of furan rings is 1. The van der Waals surface area contributed by atoms with Crippen molar-refractivity contribution in [3.8, 4) is 0 Å². The summed E-state index contributed by atoms with van der Waals surface area (Å²) in [5, 5.41) is 7.67. The number of fused-ring (bicyclic) bond motifs is 1. The van der Waals surface area contributed by atoms with Gasteiger partial charge in [-0.15, -0.1) is 0 Å². The molecule has 1 amide bonds. The number of amides is 1. The van der Waals surface area contributed by atoms with E-state index in [4.69, 9.17) is 4.42 Å². The van der Waals surface area contributed by atoms with Crippen LogP contribution in [0.15, 0.2) is 59.4 Å². The zero-order chi connectivity index (χ0) is 18.8. The smallest absolute Gasteiger partial charge is 0.292 e. The standard InChI is InChI=1S/C20H17FN4O2/c1-13-16-12-15(21)2-3-17(16)27-19(13)20(26)23-18-7-11-25(24-18)10-6-14-4-8-22-9-5-14/h2-5,7-9,11-12H,6,10H2,1H3,(H,23,24,26). The third kappa shape index (κ3) is 3.57. The predicted octanol–water partition coefficient (Wildman–Crippen LogP) is 3.97. The van der Waals surface area contributed by atoms with Gasteiger partial charge in [-0.2, -0.15) is 5.10 Å². The van der Waals surface area contributed by atoms with Crippen LogP contribution in [-0.2, 0) is 13.0 Å². The number of rotatable bonds is 5. The van der Waals surface area contributed by atoms with Crippen molar-refractivity contribution >= 4 is 22.7 Å². The lowest BCUT2D eigenvalue weighted by molar-refractivity contribution is 0.0997. The zero-order valence-electron chi connectivity index (χ0n) is 14.6. The number of halogens is 1. The van der Waals surface area contributed by atoms with Crippen LogP contribution in [0.2, 0.25) is 0 Å². The molecule has 6 nitrogen and oxygen atoms in total. The maximum Gasteiger partial charge on any atom is 0.292 e. The maximum atomic E-state index is 13.4. The van der Waals surface area contributed by atoms with Crippen molar-refractivity contribution in [1.29, 1.82) is 0 Å². The molecule has 1 N–H and O–H groups in total. The van der Waals surface area contributed by atoms with Crippen molar-refractivity contribution < 1.29 is 13.6 Å². The average molecular weight is 364 g/mol. The first-order valence-corrected chi connectivity index (χ1v) is 8.52. The maximum absolute atomic E-state index is 13.4. The molecule has 1 aromatic carbocycles. The summed E-state index contributed by atoms with van der Waals surface area (Å²) >= 11 is 0. The fraction of sp³-hybridized carbons (Fsp3) is 0.150. The number of carbonyl (C=O) groups is 1. The number of hydrogen-bond donors (Lipinski definition) is 1. The molecule has 3 aromatic heterocycles. The fourth-order valence-corrected chi connectivity index (χ4v) is 2.93. The Kier molecular flexibility index (Phi) is 4.42. The van der Waals surface area contributed by atoms with Crippen LogP contribution in [0, 0.1) is 12.7 Å². The zero-order valence-corrected chi connectivity index (χ0v) is 14.6. The number of pyridine rings is 1. The Hall–Kier alpha value is -3.48. The van der Waals surface area contributed by atoms with Gasteiger partial charge in [-0.3, -0.25) is 14.5 Å². The largest absolute Gasteiger partial charge is 0.451 e. The third-order valence-electron chi connectivity index (χ3n) is 4.37. The highest BCUT2D eigenvalue weighted by molar-refractivity contribution is 6.06. The normalized spacial score (nSPS) is 11.0. The van der Waals surface area contributed by atoms with E-state index in [1.54, 1.807) is 36.3 Å². The van der Waals surface area contributed by atoms with Crippen molar-refractivity contribution in [1.82, 2.24) is 14.8 Å². The van der Waals surface area contributed by atoms with Gasteiger partial charge < -0.3 is 9.73 Å². The summed E-state index contributed by atoms with van der Waals surface area (Å²) in [6, 6.07) is 9.82. The first-order valence-electron chi connectivity index (χ1n) is 8.52. The van der Waals surface area contributed by atoms with Crippen LogP contribution in [0.1, 0.15) is 21.7 Å². The van der Waals surface area contributed by atoms with E-state index in [2.05, 4.69) is 15.4 Å². The molecule has 0 bridgehead atoms. The van der Waals surface area contributed by atoms with Crippen LogP contribution < -0.4 is 5.32 Å². The number of aryl methyl sites for hydroxylation is 3.